The van der Waals surface area contributed by atoms with Crippen molar-refractivity contribution < 1.29 is 13.9 Å². The fraction of sp³-hybridized carbons (Fsp3) is 0.0667. The average molecular weight is 430 g/mol. The van der Waals surface area contributed by atoms with E-state index in [1.165, 1.54) is 6.07 Å². The Hall–Kier alpha value is -1.74. The second kappa shape index (κ2) is 7.50. The molecular formula is C15H12FIN2O2S. The molecular weight excluding hydrogens is 418 g/mol. The number of benzene rings is 2. The molecule has 4 nitrogen and oxygen atoms in total. The van der Waals surface area contributed by atoms with Gasteiger partial charge in [0.2, 0.25) is 0 Å². The number of anilines is 1. The Morgan fingerprint density at radius 1 is 1.23 bits per heavy atom. The number of hydrogen-bond acceptors (Lipinski definition) is 3. The summed E-state index contributed by atoms with van der Waals surface area (Å²) in [6.45, 7) is 0. The van der Waals surface area contributed by atoms with Crippen LogP contribution in [0.2, 0.25) is 0 Å². The number of hydrogen-bond donors (Lipinski definition) is 2. The van der Waals surface area contributed by atoms with E-state index in [4.69, 9.17) is 17.0 Å². The van der Waals surface area contributed by atoms with Crippen LogP contribution in [-0.2, 0) is 0 Å². The highest BCUT2D eigenvalue weighted by molar-refractivity contribution is 14.1. The van der Waals surface area contributed by atoms with Gasteiger partial charge in [0.25, 0.3) is 5.91 Å². The summed E-state index contributed by atoms with van der Waals surface area (Å²) >= 11 is 7.03. The summed E-state index contributed by atoms with van der Waals surface area (Å²) < 4.78 is 19.5. The van der Waals surface area contributed by atoms with E-state index < -0.39 is 5.82 Å². The third-order valence-electron chi connectivity index (χ3n) is 2.76. The Kier molecular flexibility index (Phi) is 5.67. The van der Waals surface area contributed by atoms with Crippen molar-refractivity contribution in [3.8, 4) is 5.75 Å². The molecule has 0 unspecified atom stereocenters. The summed E-state index contributed by atoms with van der Waals surface area (Å²) in [7, 11) is 1.55. The van der Waals surface area contributed by atoms with Crippen LogP contribution in [0.5, 0.6) is 5.75 Å². The molecule has 2 aromatic rings. The van der Waals surface area contributed by atoms with E-state index in [9.17, 15) is 9.18 Å². The molecule has 0 aliphatic rings. The maximum atomic E-state index is 13.7. The van der Waals surface area contributed by atoms with Gasteiger partial charge in [-0.1, -0.05) is 0 Å². The molecule has 0 heterocycles. The third kappa shape index (κ3) is 4.38. The van der Waals surface area contributed by atoms with Crippen molar-refractivity contribution in [3.63, 3.8) is 0 Å². The second-order valence-electron chi connectivity index (χ2n) is 4.26. The molecule has 0 aliphatic carbocycles. The van der Waals surface area contributed by atoms with Gasteiger partial charge in [-0.15, -0.1) is 0 Å². The van der Waals surface area contributed by atoms with Crippen LogP contribution < -0.4 is 15.4 Å². The predicted octanol–water partition coefficient (Wildman–Crippen LogP) is 3.57. The van der Waals surface area contributed by atoms with Crippen molar-refractivity contribution in [1.82, 2.24) is 5.32 Å². The highest BCUT2D eigenvalue weighted by atomic mass is 127. The van der Waals surface area contributed by atoms with Gasteiger partial charge in [-0.25, -0.2) is 4.39 Å². The van der Waals surface area contributed by atoms with Crippen LogP contribution in [0.15, 0.2) is 42.5 Å². The molecule has 0 spiro atoms. The van der Waals surface area contributed by atoms with Crippen LogP contribution in [0, 0.1) is 9.39 Å². The summed E-state index contributed by atoms with van der Waals surface area (Å²) in [5, 5.41) is 5.18. The molecule has 2 aromatic carbocycles. The fourth-order valence-electron chi connectivity index (χ4n) is 1.66. The van der Waals surface area contributed by atoms with Crippen molar-refractivity contribution in [1.29, 1.82) is 0 Å². The Labute approximate surface area is 146 Å². The zero-order chi connectivity index (χ0) is 16.1. The minimum atomic E-state index is -0.437. The number of amides is 1. The van der Waals surface area contributed by atoms with Crippen molar-refractivity contribution in [2.45, 2.75) is 0 Å². The molecule has 7 heteroatoms. The standard InChI is InChI=1S/C15H12FIN2O2S/c1-21-11-5-2-9(3-6-11)14(20)19-15(22)18-13-7-4-10(17)8-12(13)16/h2-8H,1H3,(H2,18,19,20,22). The zero-order valence-corrected chi connectivity index (χ0v) is 14.5. The Bertz CT molecular complexity index is 707. The zero-order valence-electron chi connectivity index (χ0n) is 11.5. The first-order valence-corrected chi connectivity index (χ1v) is 7.69. The number of halogens is 2. The second-order valence-corrected chi connectivity index (χ2v) is 5.91. The van der Waals surface area contributed by atoms with E-state index in [1.54, 1.807) is 43.5 Å². The fourth-order valence-corrected chi connectivity index (χ4v) is 2.32. The van der Waals surface area contributed by atoms with Gasteiger partial charge in [0.05, 0.1) is 12.8 Å². The lowest BCUT2D eigenvalue weighted by molar-refractivity contribution is 0.0977. The van der Waals surface area contributed by atoms with E-state index in [0.29, 0.717) is 11.3 Å². The van der Waals surface area contributed by atoms with Crippen LogP contribution in [0.1, 0.15) is 10.4 Å². The van der Waals surface area contributed by atoms with Gasteiger partial charge >= 0.3 is 0 Å². The average Bonchev–Trinajstić information content (AvgIpc) is 2.50. The number of thiocarbonyl (C=S) groups is 1. The number of carbonyl (C=O) groups excluding carboxylic acids is 1. The molecule has 0 bridgehead atoms. The highest BCUT2D eigenvalue weighted by Crippen LogP contribution is 2.17. The number of carbonyl (C=O) groups is 1. The number of methoxy groups -OCH3 is 1. The molecule has 0 saturated heterocycles. The summed E-state index contributed by atoms with van der Waals surface area (Å²) in [6.07, 6.45) is 0. The molecule has 0 aromatic heterocycles. The molecule has 1 amide bonds. The molecule has 2 N–H and O–H groups in total. The van der Waals surface area contributed by atoms with Crippen LogP contribution >= 0.6 is 34.8 Å². The van der Waals surface area contributed by atoms with Crippen LogP contribution in [0.3, 0.4) is 0 Å². The molecule has 0 radical (unpaired) electrons. The van der Waals surface area contributed by atoms with E-state index in [-0.39, 0.29) is 16.7 Å². The topological polar surface area (TPSA) is 50.4 Å². The normalized spacial score (nSPS) is 9.95. The molecule has 0 atom stereocenters. The molecule has 2 rings (SSSR count). The van der Waals surface area contributed by atoms with Gasteiger partial charge in [-0.2, -0.15) is 0 Å². The molecule has 0 aliphatic heterocycles. The molecule has 22 heavy (non-hydrogen) atoms. The van der Waals surface area contributed by atoms with Gasteiger partial charge in [0.15, 0.2) is 5.11 Å². The van der Waals surface area contributed by atoms with Crippen molar-refractivity contribution in [3.05, 3.63) is 57.4 Å². The first-order valence-electron chi connectivity index (χ1n) is 6.21. The van der Waals surface area contributed by atoms with E-state index in [2.05, 4.69) is 10.6 Å². The maximum Gasteiger partial charge on any atom is 0.257 e. The third-order valence-corrected chi connectivity index (χ3v) is 3.63. The van der Waals surface area contributed by atoms with Gasteiger partial charge < -0.3 is 10.1 Å². The predicted molar refractivity (Wildman–Crippen MR) is 95.8 cm³/mol. The summed E-state index contributed by atoms with van der Waals surface area (Å²) in [5.74, 6) is -0.169. The number of rotatable bonds is 3. The quantitative estimate of drug-likeness (QED) is 0.578. The summed E-state index contributed by atoms with van der Waals surface area (Å²) in [5.41, 5.74) is 0.633. The van der Waals surface area contributed by atoms with Crippen molar-refractivity contribution in [2.24, 2.45) is 0 Å². The summed E-state index contributed by atoms with van der Waals surface area (Å²) in [4.78, 5) is 12.0. The minimum Gasteiger partial charge on any atom is -0.497 e. The van der Waals surface area contributed by atoms with Gasteiger partial charge in [0, 0.05) is 9.13 Å². The lowest BCUT2D eigenvalue weighted by Gasteiger charge is -2.10. The van der Waals surface area contributed by atoms with E-state index >= 15 is 0 Å². The lowest BCUT2D eigenvalue weighted by atomic mass is 10.2. The van der Waals surface area contributed by atoms with Crippen LogP contribution in [0.25, 0.3) is 0 Å². The summed E-state index contributed by atoms with van der Waals surface area (Å²) in [6, 6.07) is 11.2. The van der Waals surface area contributed by atoms with Gasteiger partial charge in [-0.05, 0) is 77.3 Å². The van der Waals surface area contributed by atoms with Crippen LogP contribution in [-0.4, -0.2) is 18.1 Å². The molecule has 0 fully saturated rings. The number of nitrogens with one attached hydrogen (secondary N) is 2. The lowest BCUT2D eigenvalue weighted by Crippen LogP contribution is -2.34. The Balaban J connectivity index is 2.00. The van der Waals surface area contributed by atoms with Gasteiger partial charge in [-0.3, -0.25) is 10.1 Å². The highest BCUT2D eigenvalue weighted by Gasteiger charge is 2.10. The van der Waals surface area contributed by atoms with E-state index in [0.717, 1.165) is 3.57 Å². The smallest absolute Gasteiger partial charge is 0.257 e. The van der Waals surface area contributed by atoms with E-state index in [1.807, 2.05) is 22.6 Å². The van der Waals surface area contributed by atoms with Crippen molar-refractivity contribution >= 4 is 51.5 Å². The molecule has 0 saturated carbocycles. The monoisotopic (exact) mass is 430 g/mol. The number of ether oxygens (including phenoxy) is 1. The first-order chi connectivity index (χ1) is 10.5. The molecule has 114 valence electrons. The first kappa shape index (κ1) is 16.6. The minimum absolute atomic E-state index is 0.0286. The maximum absolute atomic E-state index is 13.7. The SMILES string of the molecule is COc1ccc(C(=O)NC(=S)Nc2ccc(I)cc2F)cc1. The Morgan fingerprint density at radius 2 is 1.91 bits per heavy atom. The van der Waals surface area contributed by atoms with Crippen LogP contribution in [0.4, 0.5) is 10.1 Å². The Morgan fingerprint density at radius 3 is 2.50 bits per heavy atom. The van der Waals surface area contributed by atoms with Gasteiger partial charge in [0.1, 0.15) is 11.6 Å². The largest absolute Gasteiger partial charge is 0.497 e. The van der Waals surface area contributed by atoms with Crippen molar-refractivity contribution in [2.75, 3.05) is 12.4 Å².